The molecule has 0 rings (SSSR count). The first kappa shape index (κ1) is 9.81. The van der Waals surface area contributed by atoms with Crippen molar-refractivity contribution >= 4 is 12.6 Å². The number of aliphatic hydroxyl groups excluding tert-OH is 1. The number of aliphatic hydroxyl groups is 1. The van der Waals surface area contributed by atoms with Gasteiger partial charge in [-0.1, -0.05) is 6.92 Å². The third-order valence-electron chi connectivity index (χ3n) is 0.224. The molecule has 0 saturated carbocycles. The molecule has 2 nitrogen and oxygen atoms in total. The fourth-order valence-corrected chi connectivity index (χ4v) is 0. The standard InChI is InChI=1S/C3H8S.CHNO/c1-2-3-4;2-1-3/h4H,2-3H2,1H3;3H. The summed E-state index contributed by atoms with van der Waals surface area (Å²) in [5, 5.41) is 13.8. The fraction of sp³-hybridized carbons (Fsp3) is 0.750. The highest BCUT2D eigenvalue weighted by molar-refractivity contribution is 7.80. The van der Waals surface area contributed by atoms with Crippen molar-refractivity contribution in [2.75, 3.05) is 5.75 Å². The van der Waals surface area contributed by atoms with Gasteiger partial charge in [-0.15, -0.1) is 0 Å². The van der Waals surface area contributed by atoms with Gasteiger partial charge in [0.1, 0.15) is 0 Å². The van der Waals surface area contributed by atoms with Crippen molar-refractivity contribution in [1.29, 1.82) is 5.26 Å². The largest absolute Gasteiger partial charge is 0.443 e. The third-order valence-corrected chi connectivity index (χ3v) is 0.671. The quantitative estimate of drug-likeness (QED) is 0.402. The summed E-state index contributed by atoms with van der Waals surface area (Å²) in [5.41, 5.74) is 0. The van der Waals surface area contributed by atoms with Crippen molar-refractivity contribution < 1.29 is 5.11 Å². The predicted octanol–water partition coefficient (Wildman–Crippen LogP) is 1.17. The van der Waals surface area contributed by atoms with E-state index in [0.29, 0.717) is 0 Å². The number of nitriles is 1. The van der Waals surface area contributed by atoms with Gasteiger partial charge in [0.05, 0.1) is 0 Å². The molecule has 0 spiro atoms. The van der Waals surface area contributed by atoms with Crippen molar-refractivity contribution in [3.05, 3.63) is 0 Å². The highest BCUT2D eigenvalue weighted by Crippen LogP contribution is 1.74. The summed E-state index contributed by atoms with van der Waals surface area (Å²) in [6.07, 6.45) is 1.93. The number of rotatable bonds is 1. The first-order valence-electron chi connectivity index (χ1n) is 1.97. The monoisotopic (exact) mass is 119 g/mol. The highest BCUT2D eigenvalue weighted by atomic mass is 32.1. The van der Waals surface area contributed by atoms with Crippen LogP contribution in [0.4, 0.5) is 0 Å². The second-order valence-electron chi connectivity index (χ2n) is 0.824. The maximum absolute atomic E-state index is 6.88. The van der Waals surface area contributed by atoms with Crippen LogP contribution in [0.3, 0.4) is 0 Å². The molecule has 0 aliphatic heterocycles. The van der Waals surface area contributed by atoms with Crippen LogP contribution in [0.5, 0.6) is 0 Å². The lowest BCUT2D eigenvalue weighted by molar-refractivity contribution is 0.503. The summed E-state index contributed by atoms with van der Waals surface area (Å²) >= 11 is 3.92. The maximum atomic E-state index is 6.88. The summed E-state index contributed by atoms with van der Waals surface area (Å²) in [5.74, 6) is 1.01. The molecule has 0 aliphatic rings. The Morgan fingerprint density at radius 1 is 1.86 bits per heavy atom. The Morgan fingerprint density at radius 3 is 2.00 bits per heavy atom. The van der Waals surface area contributed by atoms with Gasteiger partial charge in [-0.25, -0.2) is 0 Å². The first-order valence-corrected chi connectivity index (χ1v) is 2.60. The van der Waals surface area contributed by atoms with Gasteiger partial charge < -0.3 is 5.11 Å². The molecular formula is C4H9NOS. The van der Waals surface area contributed by atoms with Gasteiger partial charge in [0.15, 0.2) is 0 Å². The van der Waals surface area contributed by atoms with Crippen LogP contribution in [-0.2, 0) is 0 Å². The van der Waals surface area contributed by atoms with E-state index in [1.54, 1.807) is 0 Å². The van der Waals surface area contributed by atoms with Gasteiger partial charge in [-0.05, 0) is 12.2 Å². The Hall–Kier alpha value is -0.360. The molecule has 0 bridgehead atoms. The highest BCUT2D eigenvalue weighted by Gasteiger charge is 1.57. The molecule has 0 unspecified atom stereocenters. The van der Waals surface area contributed by atoms with Crippen molar-refractivity contribution in [1.82, 2.24) is 0 Å². The zero-order valence-electron chi connectivity index (χ0n) is 4.26. The van der Waals surface area contributed by atoms with Crippen molar-refractivity contribution in [2.24, 2.45) is 0 Å². The molecule has 0 saturated heterocycles. The van der Waals surface area contributed by atoms with E-state index in [0.717, 1.165) is 12.0 Å². The van der Waals surface area contributed by atoms with Crippen LogP contribution in [0.2, 0.25) is 0 Å². The van der Waals surface area contributed by atoms with E-state index in [4.69, 9.17) is 10.4 Å². The van der Waals surface area contributed by atoms with E-state index in [1.165, 1.54) is 6.42 Å². The van der Waals surface area contributed by atoms with E-state index in [2.05, 4.69) is 19.6 Å². The van der Waals surface area contributed by atoms with Crippen LogP contribution < -0.4 is 0 Å². The van der Waals surface area contributed by atoms with Gasteiger partial charge in [-0.2, -0.15) is 17.9 Å². The zero-order valence-corrected chi connectivity index (χ0v) is 5.15. The Kier molecular flexibility index (Phi) is 24.4. The number of nitrogens with zero attached hydrogens (tertiary/aromatic N) is 1. The van der Waals surface area contributed by atoms with E-state index in [-0.39, 0.29) is 0 Å². The van der Waals surface area contributed by atoms with Gasteiger partial charge >= 0.3 is 0 Å². The maximum Gasteiger partial charge on any atom is 0.283 e. The van der Waals surface area contributed by atoms with E-state index < -0.39 is 0 Å². The van der Waals surface area contributed by atoms with Gasteiger partial charge in [0, 0.05) is 0 Å². The average molecular weight is 119 g/mol. The lowest BCUT2D eigenvalue weighted by Crippen LogP contribution is -1.56. The summed E-state index contributed by atoms with van der Waals surface area (Å²) < 4.78 is 0. The van der Waals surface area contributed by atoms with Crippen LogP contribution in [0.1, 0.15) is 13.3 Å². The molecule has 1 N–H and O–H groups in total. The van der Waals surface area contributed by atoms with Gasteiger partial charge in [0.2, 0.25) is 0 Å². The van der Waals surface area contributed by atoms with Crippen molar-refractivity contribution in [2.45, 2.75) is 13.3 Å². The summed E-state index contributed by atoms with van der Waals surface area (Å²) in [6.45, 7) is 2.10. The summed E-state index contributed by atoms with van der Waals surface area (Å²) in [6, 6.07) is 0. The molecule has 42 valence electrons. The molecule has 0 aliphatic carbocycles. The van der Waals surface area contributed by atoms with Crippen LogP contribution in [0.15, 0.2) is 0 Å². The van der Waals surface area contributed by atoms with Crippen molar-refractivity contribution in [3.8, 4) is 6.26 Å². The molecule has 0 aromatic carbocycles. The normalized spacial score (nSPS) is 5.29. The minimum absolute atomic E-state index is 0.750. The van der Waals surface area contributed by atoms with Crippen LogP contribution >= 0.6 is 12.6 Å². The summed E-state index contributed by atoms with van der Waals surface area (Å²) in [4.78, 5) is 0. The van der Waals surface area contributed by atoms with E-state index >= 15 is 0 Å². The Labute approximate surface area is 49.2 Å². The van der Waals surface area contributed by atoms with E-state index in [9.17, 15) is 0 Å². The molecule has 0 radical (unpaired) electrons. The Balaban J connectivity index is 0. The second kappa shape index (κ2) is 17.4. The molecule has 7 heavy (non-hydrogen) atoms. The van der Waals surface area contributed by atoms with Gasteiger partial charge in [-0.3, -0.25) is 0 Å². The molecule has 0 atom stereocenters. The predicted molar refractivity (Wildman–Crippen MR) is 31.7 cm³/mol. The smallest absolute Gasteiger partial charge is 0.283 e. The third kappa shape index (κ3) is 182. The Morgan fingerprint density at radius 2 is 2.00 bits per heavy atom. The Bertz CT molecular complexity index is 48.1. The molecule has 0 fully saturated rings. The molecule has 0 aromatic rings. The number of hydrogen-bond donors (Lipinski definition) is 2. The minimum Gasteiger partial charge on any atom is -0.443 e. The molecule has 0 heterocycles. The lowest BCUT2D eigenvalue weighted by atomic mass is 10.6. The number of thiol groups is 1. The zero-order chi connectivity index (χ0) is 6.12. The van der Waals surface area contributed by atoms with Crippen LogP contribution in [0, 0.1) is 11.5 Å². The fourth-order valence-electron chi connectivity index (χ4n) is 0. The number of hydrogen-bond acceptors (Lipinski definition) is 3. The van der Waals surface area contributed by atoms with Crippen molar-refractivity contribution in [3.63, 3.8) is 0 Å². The molecule has 3 heteroatoms. The lowest BCUT2D eigenvalue weighted by Gasteiger charge is -1.67. The first-order chi connectivity index (χ1) is 3.33. The minimum atomic E-state index is 0.750. The molecule has 0 amide bonds. The van der Waals surface area contributed by atoms with Crippen LogP contribution in [-0.4, -0.2) is 10.9 Å². The second-order valence-corrected chi connectivity index (χ2v) is 1.27. The molecule has 0 aromatic heterocycles. The topological polar surface area (TPSA) is 44.0 Å². The molecular weight excluding hydrogens is 110 g/mol. The van der Waals surface area contributed by atoms with Gasteiger partial charge in [0.25, 0.3) is 6.26 Å². The summed E-state index contributed by atoms with van der Waals surface area (Å²) in [7, 11) is 0. The average Bonchev–Trinajstić information content (AvgIpc) is 1.69. The SMILES string of the molecule is CCCS.N#CO. The van der Waals surface area contributed by atoms with Crippen LogP contribution in [0.25, 0.3) is 0 Å². The van der Waals surface area contributed by atoms with E-state index in [1.807, 2.05) is 0 Å².